The zero-order chi connectivity index (χ0) is 78.5. The third-order valence-electron chi connectivity index (χ3n) is 20.5. The molecule has 116 heavy (non-hydrogen) atoms. The smallest absolute Gasteiger partial charge is 0.255 e. The first-order valence-electron chi connectivity index (χ1n) is 38.2. The first-order valence-corrected chi connectivity index (χ1v) is 38.2. The molecule has 6 N–H and O–H groups in total. The number of hydrogen-bond donors (Lipinski definition) is 6. The molecule has 8 aromatic carbocycles. The number of aromatic nitrogens is 12. The van der Waals surface area contributed by atoms with Crippen molar-refractivity contribution in [3.8, 4) is 44.5 Å². The van der Waals surface area contributed by atoms with Crippen LogP contribution in [0.25, 0.3) is 90.9 Å². The summed E-state index contributed by atoms with van der Waals surface area (Å²) in [7, 11) is 0. The topological polar surface area (TPSA) is 277 Å². The van der Waals surface area contributed by atoms with Crippen molar-refractivity contribution in [2.24, 2.45) is 0 Å². The van der Waals surface area contributed by atoms with Crippen LogP contribution in [-0.2, 0) is 51.4 Å². The van der Waals surface area contributed by atoms with Crippen LogP contribution in [0.15, 0.2) is 293 Å². The molecule has 9 heterocycles. The summed E-state index contributed by atoms with van der Waals surface area (Å²) in [4.78, 5) is 109. The Kier molecular flexibility index (Phi) is 21.5. The number of carbonyl (C=O) groups excluding carboxylic acids is 4. The Morgan fingerprint density at radius 2 is 0.457 bits per heavy atom. The van der Waals surface area contributed by atoms with E-state index in [-0.39, 0.29) is 23.6 Å². The fourth-order valence-electron chi connectivity index (χ4n) is 14.3. The number of H-pyrrole nitrogens is 2. The number of rotatable bonds is 24. The minimum Gasteiger partial charge on any atom is -0.354 e. The Bertz CT molecular complexity index is 5560. The monoisotopic (exact) mass is 1510 g/mol. The van der Waals surface area contributed by atoms with Gasteiger partial charge < -0.3 is 31.2 Å². The van der Waals surface area contributed by atoms with E-state index in [1.807, 2.05) is 243 Å². The number of anilines is 4. The molecule has 0 atom stereocenters. The molecule has 8 bridgehead atoms. The van der Waals surface area contributed by atoms with Crippen LogP contribution in [0.1, 0.15) is 109 Å². The number of aromatic amines is 2. The molecule has 0 saturated heterocycles. The van der Waals surface area contributed by atoms with E-state index in [1.54, 1.807) is 74.4 Å². The predicted molar refractivity (Wildman–Crippen MR) is 456 cm³/mol. The van der Waals surface area contributed by atoms with E-state index >= 15 is 0 Å². The van der Waals surface area contributed by atoms with E-state index in [0.717, 1.165) is 163 Å². The number of nitrogens with one attached hydrogen (secondary N) is 6. The van der Waals surface area contributed by atoms with Crippen molar-refractivity contribution in [3.63, 3.8) is 0 Å². The Morgan fingerprint density at radius 3 is 0.655 bits per heavy atom. The van der Waals surface area contributed by atoms with Crippen LogP contribution in [0.2, 0.25) is 0 Å². The van der Waals surface area contributed by atoms with E-state index in [2.05, 4.69) is 71.1 Å². The number of benzene rings is 8. The highest BCUT2D eigenvalue weighted by molar-refractivity contribution is 6.08. The van der Waals surface area contributed by atoms with E-state index in [0.29, 0.717) is 67.8 Å². The van der Waals surface area contributed by atoms with E-state index < -0.39 is 0 Å². The molecule has 0 unspecified atom stereocenters. The molecule has 2 aliphatic rings. The average Bonchev–Trinajstić information content (AvgIpc) is 1.61. The second-order valence-electron chi connectivity index (χ2n) is 28.2. The van der Waals surface area contributed by atoms with E-state index in [1.165, 1.54) is 0 Å². The molecule has 0 fully saturated rings. The molecule has 2 aliphatic heterocycles. The molecule has 7 aromatic heterocycles. The third-order valence-corrected chi connectivity index (χ3v) is 20.5. The number of aryl methyl sites for hydroxylation is 8. The summed E-state index contributed by atoms with van der Waals surface area (Å²) in [5, 5.41) is 12.5. The highest BCUT2D eigenvalue weighted by Crippen LogP contribution is 2.40. The zero-order valence-corrected chi connectivity index (χ0v) is 62.8. The van der Waals surface area contributed by atoms with Crippen molar-refractivity contribution >= 4 is 92.7 Å². The highest BCUT2D eigenvalue weighted by atomic mass is 16.2. The summed E-state index contributed by atoms with van der Waals surface area (Å²) in [6.07, 6.45) is 34.5. The lowest BCUT2D eigenvalue weighted by atomic mass is 10.0. The fourth-order valence-corrected chi connectivity index (χ4v) is 14.3. The second-order valence-corrected chi connectivity index (χ2v) is 28.2. The van der Waals surface area contributed by atoms with Gasteiger partial charge in [0.25, 0.3) is 23.6 Å². The number of fused-ring (bicyclic) bond motifs is 8. The SMILES string of the molecule is O=C(Nc1ccc(-c2c3nc(c(-c4ccc(NC(=O)c5ccc(CCc6cnccn6)cc5)cc4)c4ccc([nH]4)c(-c4ccc(NC(=O)c5ccc(CCc6cnccn6)cc5)cc4)c4nc(c(-c5ccc(NC(=O)c6ccc(CCc7cnccn7)cc6)cc5)c5ccc2[nH]5)C=C4)C=C3)cc1)c1ccc(CCc2cnccn2)cc1. The molecule has 0 saturated carbocycles. The molecule has 0 radical (unpaired) electrons. The van der Waals surface area contributed by atoms with Crippen LogP contribution >= 0.6 is 0 Å². The lowest BCUT2D eigenvalue weighted by Gasteiger charge is -2.10. The number of carbonyl (C=O) groups is 4. The van der Waals surface area contributed by atoms with Crippen LogP contribution in [0.4, 0.5) is 22.7 Å². The largest absolute Gasteiger partial charge is 0.354 e. The van der Waals surface area contributed by atoms with Gasteiger partial charge in [0, 0.05) is 164 Å². The van der Waals surface area contributed by atoms with Gasteiger partial charge in [-0.1, -0.05) is 97.1 Å². The summed E-state index contributed by atoms with van der Waals surface area (Å²) in [5.41, 5.74) is 24.4. The van der Waals surface area contributed by atoms with Crippen LogP contribution in [-0.4, -0.2) is 83.4 Å². The third kappa shape index (κ3) is 17.3. The lowest BCUT2D eigenvalue weighted by Crippen LogP contribution is -2.11. The number of hydrogen-bond acceptors (Lipinski definition) is 14. The summed E-state index contributed by atoms with van der Waals surface area (Å²) in [6, 6.07) is 69.7. The minimum atomic E-state index is -0.247. The zero-order valence-electron chi connectivity index (χ0n) is 62.8. The minimum absolute atomic E-state index is 0.247. The van der Waals surface area contributed by atoms with Crippen molar-refractivity contribution in [2.75, 3.05) is 21.3 Å². The van der Waals surface area contributed by atoms with Crippen LogP contribution in [0, 0.1) is 0 Å². The van der Waals surface area contributed by atoms with Crippen molar-refractivity contribution < 1.29 is 19.2 Å². The molecular formula is C96H74N16O4. The van der Waals surface area contributed by atoms with Gasteiger partial charge in [-0.3, -0.25) is 59.0 Å². The standard InChI is InChI=1S/C96H74N16O4/c113-93(69-13-1-61(2-14-69)9-29-77-57-97-49-53-101-77)105-73-33-21-65(22-34-73)89-81-41-43-83(109-81)90(66-23-35-74(36-24-66)106-94(114)70-15-3-62(4-16-70)10-30-78-58-98-50-54-102-78)85-45-47-87(111-85)92(68-27-39-76(40-28-68)108-96(116)72-19-7-64(8-20-72)12-32-80-60-100-52-56-104-80)88-48-46-86(112-88)91(84-44-42-82(89)110-84)67-25-37-75(38-26-67)107-95(115)71-17-5-63(6-18-71)11-31-79-59-99-51-55-103-79/h1-8,13-28,33-60,109,112H,9-12,29-32H2,(H,105,113)(H,106,114)(H,107,115)(H,108,116). The molecular weight excluding hydrogens is 1440 g/mol. The number of amides is 4. The van der Waals surface area contributed by atoms with Gasteiger partial charge >= 0.3 is 0 Å². The molecule has 4 amide bonds. The summed E-state index contributed by atoms with van der Waals surface area (Å²) >= 11 is 0. The maximum Gasteiger partial charge on any atom is 0.255 e. The molecule has 0 spiro atoms. The average molecular weight is 1520 g/mol. The van der Waals surface area contributed by atoms with E-state index in [9.17, 15) is 19.2 Å². The summed E-state index contributed by atoms with van der Waals surface area (Å²) < 4.78 is 0. The summed E-state index contributed by atoms with van der Waals surface area (Å²) in [5.74, 6) is -0.990. The molecule has 15 aromatic rings. The molecule has 562 valence electrons. The fraction of sp³-hybridized carbons (Fsp3) is 0.0833. The summed E-state index contributed by atoms with van der Waals surface area (Å²) in [6.45, 7) is 0. The quantitative estimate of drug-likeness (QED) is 0.0328. The van der Waals surface area contributed by atoms with Gasteiger partial charge in [0.15, 0.2) is 0 Å². The van der Waals surface area contributed by atoms with Gasteiger partial charge in [0.1, 0.15) is 0 Å². The maximum absolute atomic E-state index is 13.9. The van der Waals surface area contributed by atoms with Gasteiger partial charge in [-0.15, -0.1) is 0 Å². The molecule has 20 nitrogen and oxygen atoms in total. The van der Waals surface area contributed by atoms with Gasteiger partial charge in [-0.05, 0) is 242 Å². The first-order chi connectivity index (χ1) is 57.0. The maximum atomic E-state index is 13.9. The van der Waals surface area contributed by atoms with Gasteiger partial charge in [0.2, 0.25) is 0 Å². The van der Waals surface area contributed by atoms with Crippen LogP contribution in [0.3, 0.4) is 0 Å². The molecule has 17 rings (SSSR count). The lowest BCUT2D eigenvalue weighted by molar-refractivity contribution is 0.101. The van der Waals surface area contributed by atoms with E-state index in [4.69, 9.17) is 9.97 Å². The first kappa shape index (κ1) is 73.4. The highest BCUT2D eigenvalue weighted by Gasteiger charge is 2.22. The Hall–Kier alpha value is -15.4. The predicted octanol–water partition coefficient (Wildman–Crippen LogP) is 18.6. The van der Waals surface area contributed by atoms with Gasteiger partial charge in [-0.25, -0.2) is 9.97 Å². The van der Waals surface area contributed by atoms with Crippen molar-refractivity contribution in [1.82, 2.24) is 59.8 Å². The van der Waals surface area contributed by atoms with Gasteiger partial charge in [-0.2, -0.15) is 0 Å². The van der Waals surface area contributed by atoms with Crippen molar-refractivity contribution in [2.45, 2.75) is 51.4 Å². The van der Waals surface area contributed by atoms with Crippen LogP contribution in [0.5, 0.6) is 0 Å². The Balaban J connectivity index is 0.745. The Morgan fingerprint density at radius 1 is 0.241 bits per heavy atom. The molecule has 0 aliphatic carbocycles. The van der Waals surface area contributed by atoms with Crippen LogP contribution < -0.4 is 21.3 Å². The Labute approximate surface area is 667 Å². The normalized spacial score (nSPS) is 11.4. The van der Waals surface area contributed by atoms with Crippen molar-refractivity contribution in [3.05, 3.63) is 383 Å². The molecule has 20 heteroatoms. The number of nitrogens with zero attached hydrogens (tertiary/aromatic N) is 10. The van der Waals surface area contributed by atoms with Crippen molar-refractivity contribution in [1.29, 1.82) is 0 Å². The van der Waals surface area contributed by atoms with Gasteiger partial charge in [0.05, 0.1) is 45.6 Å². The second kappa shape index (κ2) is 34.0.